The summed E-state index contributed by atoms with van der Waals surface area (Å²) < 4.78 is 114. The highest BCUT2D eigenvalue weighted by molar-refractivity contribution is 6.30. The average molecular weight is 615 g/mol. The van der Waals surface area contributed by atoms with E-state index in [1.165, 1.54) is 44.5 Å². The number of ether oxygens (including phenoxy) is 1. The Kier molecular flexibility index (Phi) is 8.49. The van der Waals surface area contributed by atoms with Crippen LogP contribution in [-0.4, -0.2) is 18.0 Å². The smallest absolute Gasteiger partial charge is 0.419 e. The fraction of sp³-hybridized carbons (Fsp3) is 0.172. The quantitative estimate of drug-likeness (QED) is 0.221. The van der Waals surface area contributed by atoms with Crippen LogP contribution in [0.4, 0.5) is 35.1 Å². The zero-order valence-electron chi connectivity index (χ0n) is 21.6. The minimum Gasteiger partial charge on any atom is -0.496 e. The van der Waals surface area contributed by atoms with E-state index >= 15 is 0 Å². The third-order valence-corrected chi connectivity index (χ3v) is 6.48. The van der Waals surface area contributed by atoms with Gasteiger partial charge in [0.15, 0.2) is 0 Å². The van der Waals surface area contributed by atoms with E-state index in [1.807, 2.05) is 0 Å². The highest BCUT2D eigenvalue weighted by Crippen LogP contribution is 2.45. The van der Waals surface area contributed by atoms with E-state index in [9.17, 15) is 39.9 Å². The van der Waals surface area contributed by atoms with E-state index in [0.717, 1.165) is 18.2 Å². The maximum absolute atomic E-state index is 14.5. The molecule has 0 bridgehead atoms. The molecule has 4 rings (SSSR count). The fourth-order valence-corrected chi connectivity index (χ4v) is 4.45. The number of methoxy groups -OCH3 is 1. The lowest BCUT2D eigenvalue weighted by molar-refractivity contribution is -0.140. The summed E-state index contributed by atoms with van der Waals surface area (Å²) in [5.74, 6) is -3.80. The fourth-order valence-electron chi connectivity index (χ4n) is 4.33. The molecule has 4 nitrogen and oxygen atoms in total. The van der Waals surface area contributed by atoms with Crippen LogP contribution in [-0.2, 0) is 12.4 Å². The van der Waals surface area contributed by atoms with Crippen LogP contribution in [0.25, 0.3) is 22.4 Å². The molecule has 1 heterocycles. The van der Waals surface area contributed by atoms with Gasteiger partial charge in [-0.3, -0.25) is 9.78 Å². The molecule has 0 spiro atoms. The molecule has 220 valence electrons. The minimum absolute atomic E-state index is 0.00272. The molecule has 0 aliphatic heterocycles. The molecule has 0 radical (unpaired) electrons. The standard InChI is InChI=1S/C29H19ClF8N2O2/c1-14(40-27(41)15-3-7-23(32)22(11-15)29(36,37)38)20-5-6-21(24-8-4-18(30)13-39-24)25(26(20)42-2)16-9-17(28(33,34)35)12-19(31)10-16/h3-14H,1-2H3,(H,40,41)/t14-/m0/s1. The zero-order chi connectivity index (χ0) is 31.0. The van der Waals surface area contributed by atoms with E-state index in [-0.39, 0.29) is 38.7 Å². The van der Waals surface area contributed by atoms with Crippen LogP contribution in [0.5, 0.6) is 5.75 Å². The number of nitrogens with one attached hydrogen (secondary N) is 1. The van der Waals surface area contributed by atoms with Gasteiger partial charge in [0, 0.05) is 28.5 Å². The number of aromatic nitrogens is 1. The van der Waals surface area contributed by atoms with Gasteiger partial charge in [-0.05, 0) is 61.0 Å². The van der Waals surface area contributed by atoms with Gasteiger partial charge in [-0.1, -0.05) is 23.7 Å². The van der Waals surface area contributed by atoms with Crippen molar-refractivity contribution in [2.45, 2.75) is 25.3 Å². The molecule has 1 atom stereocenters. The largest absolute Gasteiger partial charge is 0.496 e. The van der Waals surface area contributed by atoms with Gasteiger partial charge in [0.05, 0.1) is 35.0 Å². The SMILES string of the molecule is COc1c([C@H](C)NC(=O)c2ccc(F)c(C(F)(F)F)c2)ccc(-c2ccc(Cl)cn2)c1-c1cc(F)cc(C(F)(F)F)c1. The van der Waals surface area contributed by atoms with Gasteiger partial charge in [-0.2, -0.15) is 26.3 Å². The molecule has 0 fully saturated rings. The van der Waals surface area contributed by atoms with Crippen molar-refractivity contribution in [2.24, 2.45) is 0 Å². The van der Waals surface area contributed by atoms with E-state index in [2.05, 4.69) is 10.3 Å². The second-order valence-corrected chi connectivity index (χ2v) is 9.52. The van der Waals surface area contributed by atoms with Crippen molar-refractivity contribution in [1.82, 2.24) is 10.3 Å². The summed E-state index contributed by atoms with van der Waals surface area (Å²) in [5.41, 5.74) is -2.94. The monoisotopic (exact) mass is 614 g/mol. The van der Waals surface area contributed by atoms with Crippen molar-refractivity contribution in [3.05, 3.63) is 106 Å². The van der Waals surface area contributed by atoms with E-state index in [1.54, 1.807) is 0 Å². The highest BCUT2D eigenvalue weighted by Gasteiger charge is 2.35. The van der Waals surface area contributed by atoms with Crippen molar-refractivity contribution < 1.29 is 44.7 Å². The first-order valence-electron chi connectivity index (χ1n) is 12.0. The molecular weight excluding hydrogens is 596 g/mol. The van der Waals surface area contributed by atoms with Crippen LogP contribution < -0.4 is 10.1 Å². The average Bonchev–Trinajstić information content (AvgIpc) is 2.91. The predicted molar refractivity (Wildman–Crippen MR) is 139 cm³/mol. The summed E-state index contributed by atoms with van der Waals surface area (Å²) in [7, 11) is 1.20. The molecule has 4 aromatic rings. The van der Waals surface area contributed by atoms with Crippen molar-refractivity contribution in [3.63, 3.8) is 0 Å². The molecule has 13 heteroatoms. The lowest BCUT2D eigenvalue weighted by Gasteiger charge is -2.23. The molecule has 0 aliphatic rings. The topological polar surface area (TPSA) is 51.2 Å². The van der Waals surface area contributed by atoms with Crippen LogP contribution in [0, 0.1) is 11.6 Å². The summed E-state index contributed by atoms with van der Waals surface area (Å²) in [6.07, 6.45) is -8.63. The van der Waals surface area contributed by atoms with E-state index in [4.69, 9.17) is 16.3 Å². The van der Waals surface area contributed by atoms with Crippen LogP contribution in [0.3, 0.4) is 0 Å². The molecule has 0 saturated carbocycles. The van der Waals surface area contributed by atoms with Gasteiger partial charge in [-0.25, -0.2) is 8.78 Å². The lowest BCUT2D eigenvalue weighted by Crippen LogP contribution is -2.27. The Morgan fingerprint density at radius 2 is 1.64 bits per heavy atom. The first kappa shape index (κ1) is 30.8. The molecule has 3 aromatic carbocycles. The van der Waals surface area contributed by atoms with Gasteiger partial charge in [-0.15, -0.1) is 0 Å². The Hall–Kier alpha value is -4.19. The molecule has 0 saturated heterocycles. The first-order valence-corrected chi connectivity index (χ1v) is 12.4. The third kappa shape index (κ3) is 6.48. The second-order valence-electron chi connectivity index (χ2n) is 9.09. The number of hydrogen-bond donors (Lipinski definition) is 1. The molecule has 0 unspecified atom stereocenters. The van der Waals surface area contributed by atoms with Crippen LogP contribution >= 0.6 is 11.6 Å². The molecule has 1 N–H and O–H groups in total. The maximum atomic E-state index is 14.5. The number of halogens is 9. The van der Waals surface area contributed by atoms with Crippen LogP contribution in [0.2, 0.25) is 5.02 Å². The van der Waals surface area contributed by atoms with Gasteiger partial charge < -0.3 is 10.1 Å². The lowest BCUT2D eigenvalue weighted by atomic mass is 9.90. The third-order valence-electron chi connectivity index (χ3n) is 6.26. The Balaban J connectivity index is 1.85. The van der Waals surface area contributed by atoms with Gasteiger partial charge in [0.2, 0.25) is 0 Å². The Morgan fingerprint density at radius 3 is 2.24 bits per heavy atom. The molecule has 1 amide bonds. The van der Waals surface area contributed by atoms with Gasteiger partial charge in [0.1, 0.15) is 17.4 Å². The van der Waals surface area contributed by atoms with E-state index < -0.39 is 52.6 Å². The minimum atomic E-state index is -5.05. The van der Waals surface area contributed by atoms with Crippen molar-refractivity contribution >= 4 is 17.5 Å². The summed E-state index contributed by atoms with van der Waals surface area (Å²) in [4.78, 5) is 17.1. The van der Waals surface area contributed by atoms with Crippen molar-refractivity contribution in [1.29, 1.82) is 0 Å². The summed E-state index contributed by atoms with van der Waals surface area (Å²) in [6, 6.07) is 8.58. The number of amides is 1. The summed E-state index contributed by atoms with van der Waals surface area (Å²) in [6.45, 7) is 1.45. The zero-order valence-corrected chi connectivity index (χ0v) is 22.3. The number of nitrogens with zero attached hydrogens (tertiary/aromatic N) is 1. The molecular formula is C29H19ClF8N2O2. The summed E-state index contributed by atoms with van der Waals surface area (Å²) in [5, 5.41) is 2.76. The molecule has 1 aromatic heterocycles. The van der Waals surface area contributed by atoms with Crippen LogP contribution in [0.15, 0.2) is 66.9 Å². The molecule has 42 heavy (non-hydrogen) atoms. The number of carbonyl (C=O) groups excluding carboxylic acids is 1. The Bertz CT molecular complexity index is 1640. The second kappa shape index (κ2) is 11.6. The number of hydrogen-bond acceptors (Lipinski definition) is 3. The van der Waals surface area contributed by atoms with Gasteiger partial charge in [0.25, 0.3) is 5.91 Å². The Morgan fingerprint density at radius 1 is 0.929 bits per heavy atom. The Labute approximate surface area is 238 Å². The molecule has 0 aliphatic carbocycles. The predicted octanol–water partition coefficient (Wildman–Crippen LogP) is 8.88. The summed E-state index contributed by atoms with van der Waals surface area (Å²) >= 11 is 5.93. The van der Waals surface area contributed by atoms with Crippen LogP contribution in [0.1, 0.15) is 40.0 Å². The van der Waals surface area contributed by atoms with Gasteiger partial charge >= 0.3 is 12.4 Å². The number of rotatable bonds is 6. The van der Waals surface area contributed by atoms with E-state index in [0.29, 0.717) is 18.2 Å². The van der Waals surface area contributed by atoms with Crippen molar-refractivity contribution in [3.8, 4) is 28.1 Å². The number of alkyl halides is 6. The number of pyridine rings is 1. The number of carbonyl (C=O) groups is 1. The normalized spacial score (nSPS) is 12.6. The first-order chi connectivity index (χ1) is 19.6. The highest BCUT2D eigenvalue weighted by atomic mass is 35.5. The number of benzene rings is 3. The maximum Gasteiger partial charge on any atom is 0.419 e. The van der Waals surface area contributed by atoms with Crippen molar-refractivity contribution in [2.75, 3.05) is 7.11 Å².